The third-order valence-electron chi connectivity index (χ3n) is 2.77. The molecule has 5 heteroatoms. The maximum atomic E-state index is 11.6. The van der Waals surface area contributed by atoms with Crippen LogP contribution in [0.1, 0.15) is 38.8 Å². The van der Waals surface area contributed by atoms with Gasteiger partial charge in [-0.25, -0.2) is 4.79 Å². The summed E-state index contributed by atoms with van der Waals surface area (Å²) in [6.07, 6.45) is -0.393. The molecule has 1 aromatic carbocycles. The summed E-state index contributed by atoms with van der Waals surface area (Å²) < 4.78 is 6.25. The highest BCUT2D eigenvalue weighted by Gasteiger charge is 2.16. The van der Waals surface area contributed by atoms with Crippen LogP contribution in [0, 0.1) is 13.8 Å². The van der Waals surface area contributed by atoms with Crippen molar-refractivity contribution < 1.29 is 9.53 Å². The van der Waals surface area contributed by atoms with Gasteiger partial charge in [-0.1, -0.05) is 6.07 Å². The quantitative estimate of drug-likeness (QED) is 0.840. The average molecular weight is 357 g/mol. The van der Waals surface area contributed by atoms with Crippen LogP contribution < -0.4 is 10.6 Å². The van der Waals surface area contributed by atoms with Gasteiger partial charge in [0, 0.05) is 17.1 Å². The van der Waals surface area contributed by atoms with Crippen molar-refractivity contribution in [3.05, 3.63) is 27.7 Å². The van der Waals surface area contributed by atoms with Gasteiger partial charge >= 0.3 is 6.09 Å². The molecule has 118 valence electrons. The summed E-state index contributed by atoms with van der Waals surface area (Å²) in [5.41, 5.74) is 2.96. The molecule has 4 nitrogen and oxygen atoms in total. The first kappa shape index (κ1) is 17.8. The maximum Gasteiger partial charge on any atom is 0.407 e. The summed E-state index contributed by atoms with van der Waals surface area (Å²) in [7, 11) is 0. The van der Waals surface area contributed by atoms with Gasteiger partial charge < -0.3 is 15.4 Å². The van der Waals surface area contributed by atoms with Gasteiger partial charge in [-0.2, -0.15) is 0 Å². The van der Waals surface area contributed by atoms with Gasteiger partial charge in [-0.3, -0.25) is 0 Å². The molecular formula is C16H25BrN2O2. The summed E-state index contributed by atoms with van der Waals surface area (Å²) in [5.74, 6) is 0. The lowest BCUT2D eigenvalue weighted by Gasteiger charge is -2.22. The van der Waals surface area contributed by atoms with E-state index in [0.717, 1.165) is 10.2 Å². The van der Waals surface area contributed by atoms with Gasteiger partial charge in [-0.15, -0.1) is 0 Å². The molecule has 0 aliphatic rings. The van der Waals surface area contributed by atoms with E-state index in [1.807, 2.05) is 27.7 Å². The number of benzene rings is 1. The Morgan fingerprint density at radius 1 is 1.33 bits per heavy atom. The van der Waals surface area contributed by atoms with Gasteiger partial charge in [0.15, 0.2) is 0 Å². The first-order valence-electron chi connectivity index (χ1n) is 7.08. The van der Waals surface area contributed by atoms with Crippen LogP contribution >= 0.6 is 15.9 Å². The first-order valence-corrected chi connectivity index (χ1v) is 7.88. The van der Waals surface area contributed by atoms with E-state index >= 15 is 0 Å². The Morgan fingerprint density at radius 3 is 2.48 bits per heavy atom. The zero-order chi connectivity index (χ0) is 16.2. The summed E-state index contributed by atoms with van der Waals surface area (Å²) in [5, 5.41) is 6.18. The lowest BCUT2D eigenvalue weighted by molar-refractivity contribution is 0.0526. The number of nitrogens with one attached hydrogen (secondary N) is 2. The van der Waals surface area contributed by atoms with Crippen molar-refractivity contribution in [1.29, 1.82) is 0 Å². The standard InChI is InChI=1S/C16H25BrN2O2/c1-10-7-11(2)14(13(17)8-10)19-12(3)9-18-15(20)21-16(4,5)6/h7-8,12,19H,9H2,1-6H3,(H,18,20). The minimum atomic E-state index is -0.475. The van der Waals surface area contributed by atoms with Crippen LogP contribution in [0.5, 0.6) is 0 Å². The Morgan fingerprint density at radius 2 is 1.95 bits per heavy atom. The highest BCUT2D eigenvalue weighted by Crippen LogP contribution is 2.28. The molecule has 21 heavy (non-hydrogen) atoms. The Hall–Kier alpha value is -1.23. The number of anilines is 1. The Labute approximate surface area is 135 Å². The fraction of sp³-hybridized carbons (Fsp3) is 0.562. The van der Waals surface area contributed by atoms with Crippen molar-refractivity contribution in [3.63, 3.8) is 0 Å². The monoisotopic (exact) mass is 356 g/mol. The molecule has 0 bridgehead atoms. The third kappa shape index (κ3) is 6.38. The van der Waals surface area contributed by atoms with Gasteiger partial charge in [0.2, 0.25) is 0 Å². The Bertz CT molecular complexity index is 486. The van der Waals surface area contributed by atoms with Gasteiger partial charge in [0.05, 0.1) is 5.69 Å². The van der Waals surface area contributed by atoms with Crippen LogP contribution in [0.2, 0.25) is 0 Å². The number of hydrogen-bond acceptors (Lipinski definition) is 3. The molecule has 0 spiro atoms. The molecule has 0 radical (unpaired) electrons. The van der Waals surface area contributed by atoms with Crippen LogP contribution in [0.3, 0.4) is 0 Å². The maximum absolute atomic E-state index is 11.6. The molecule has 1 aromatic rings. The second-order valence-electron chi connectivity index (χ2n) is 6.37. The molecule has 0 saturated heterocycles. The van der Waals surface area contributed by atoms with Crippen molar-refractivity contribution in [1.82, 2.24) is 5.32 Å². The van der Waals surface area contributed by atoms with Gasteiger partial charge in [0.1, 0.15) is 5.60 Å². The molecule has 1 unspecified atom stereocenters. The zero-order valence-corrected chi connectivity index (χ0v) is 15.2. The van der Waals surface area contributed by atoms with Crippen LogP contribution in [0.25, 0.3) is 0 Å². The second-order valence-corrected chi connectivity index (χ2v) is 7.22. The number of hydrogen-bond donors (Lipinski definition) is 2. The van der Waals surface area contributed by atoms with E-state index in [2.05, 4.69) is 52.5 Å². The molecule has 0 fully saturated rings. The topological polar surface area (TPSA) is 50.4 Å². The summed E-state index contributed by atoms with van der Waals surface area (Å²) in [4.78, 5) is 11.6. The van der Waals surface area contributed by atoms with E-state index in [9.17, 15) is 4.79 Å². The molecule has 0 aliphatic carbocycles. The molecule has 1 amide bonds. The van der Waals surface area contributed by atoms with Crippen molar-refractivity contribution >= 4 is 27.7 Å². The molecule has 0 heterocycles. The molecule has 0 saturated carbocycles. The number of amides is 1. The lowest BCUT2D eigenvalue weighted by atomic mass is 10.1. The number of aryl methyl sites for hydroxylation is 2. The van der Waals surface area contributed by atoms with Gasteiger partial charge in [0.25, 0.3) is 0 Å². The van der Waals surface area contributed by atoms with E-state index in [1.165, 1.54) is 11.1 Å². The summed E-state index contributed by atoms with van der Waals surface area (Å²) in [6, 6.07) is 4.29. The molecular weight excluding hydrogens is 332 g/mol. The van der Waals surface area contributed by atoms with Crippen LogP contribution in [-0.2, 0) is 4.74 Å². The van der Waals surface area contributed by atoms with Crippen LogP contribution in [0.15, 0.2) is 16.6 Å². The minimum absolute atomic E-state index is 0.0928. The number of rotatable bonds is 4. The van der Waals surface area contributed by atoms with Crippen molar-refractivity contribution in [2.24, 2.45) is 0 Å². The van der Waals surface area contributed by atoms with E-state index in [4.69, 9.17) is 4.74 Å². The first-order chi connectivity index (χ1) is 9.58. The largest absolute Gasteiger partial charge is 0.444 e. The smallest absolute Gasteiger partial charge is 0.407 e. The fourth-order valence-corrected chi connectivity index (χ4v) is 2.73. The van der Waals surface area contributed by atoms with Crippen molar-refractivity contribution in [3.8, 4) is 0 Å². The van der Waals surface area contributed by atoms with E-state index < -0.39 is 11.7 Å². The molecule has 1 atom stereocenters. The number of carbonyl (C=O) groups excluding carboxylic acids is 1. The molecule has 0 aliphatic heterocycles. The van der Waals surface area contributed by atoms with Crippen molar-refractivity contribution in [2.45, 2.75) is 53.2 Å². The van der Waals surface area contributed by atoms with E-state index in [-0.39, 0.29) is 6.04 Å². The predicted molar refractivity (Wildman–Crippen MR) is 90.9 cm³/mol. The minimum Gasteiger partial charge on any atom is -0.444 e. The SMILES string of the molecule is Cc1cc(C)c(NC(C)CNC(=O)OC(C)(C)C)c(Br)c1. The highest BCUT2D eigenvalue weighted by molar-refractivity contribution is 9.10. The van der Waals surface area contributed by atoms with E-state index in [1.54, 1.807) is 0 Å². The highest BCUT2D eigenvalue weighted by atomic mass is 79.9. The molecule has 2 N–H and O–H groups in total. The van der Waals surface area contributed by atoms with Gasteiger partial charge in [-0.05, 0) is 74.7 Å². The van der Waals surface area contributed by atoms with Crippen LogP contribution in [0.4, 0.5) is 10.5 Å². The normalized spacial score (nSPS) is 12.7. The number of carbonyl (C=O) groups is 1. The van der Waals surface area contributed by atoms with Crippen molar-refractivity contribution in [2.75, 3.05) is 11.9 Å². The number of alkyl carbamates (subject to hydrolysis) is 1. The third-order valence-corrected chi connectivity index (χ3v) is 3.40. The second kappa shape index (κ2) is 7.16. The molecule has 1 rings (SSSR count). The average Bonchev–Trinajstić information content (AvgIpc) is 2.29. The number of halogens is 1. The molecule has 0 aromatic heterocycles. The predicted octanol–water partition coefficient (Wildman–Crippen LogP) is 4.39. The lowest BCUT2D eigenvalue weighted by Crippen LogP contribution is -2.38. The summed E-state index contributed by atoms with van der Waals surface area (Å²) >= 11 is 3.57. The zero-order valence-electron chi connectivity index (χ0n) is 13.6. The summed E-state index contributed by atoms with van der Waals surface area (Å²) in [6.45, 7) is 12.2. The Balaban J connectivity index is 2.55. The van der Waals surface area contributed by atoms with E-state index in [0.29, 0.717) is 6.54 Å². The fourth-order valence-electron chi connectivity index (χ4n) is 1.95. The Kier molecular flexibility index (Phi) is 6.08. The number of ether oxygens (including phenoxy) is 1. The van der Waals surface area contributed by atoms with Crippen LogP contribution in [-0.4, -0.2) is 24.3 Å².